The van der Waals surface area contributed by atoms with Crippen molar-refractivity contribution in [1.82, 2.24) is 4.57 Å². The van der Waals surface area contributed by atoms with Crippen LogP contribution in [0.2, 0.25) is 0 Å². The summed E-state index contributed by atoms with van der Waals surface area (Å²) in [6, 6.07) is 19.8. The largest absolute Gasteiger partial charge is 0.595 e. The molecule has 1 aliphatic rings. The van der Waals surface area contributed by atoms with E-state index in [1.807, 2.05) is 43.3 Å². The van der Waals surface area contributed by atoms with Crippen LogP contribution >= 0.6 is 0 Å². The van der Waals surface area contributed by atoms with E-state index in [2.05, 4.69) is 0 Å². The minimum atomic E-state index is -1.10. The van der Waals surface area contributed by atoms with Gasteiger partial charge < -0.3 is 20.2 Å². The van der Waals surface area contributed by atoms with Crippen molar-refractivity contribution in [3.63, 3.8) is 0 Å². The second kappa shape index (κ2) is 8.69. The second-order valence-corrected chi connectivity index (χ2v) is 7.61. The van der Waals surface area contributed by atoms with Crippen molar-refractivity contribution in [2.45, 2.75) is 25.8 Å². The van der Waals surface area contributed by atoms with Crippen molar-refractivity contribution in [2.24, 2.45) is 5.73 Å². The molecule has 0 bridgehead atoms. The van der Waals surface area contributed by atoms with Crippen LogP contribution in [0.4, 0.5) is 5.69 Å². The molecule has 0 amide bonds. The van der Waals surface area contributed by atoms with Gasteiger partial charge in [-0.3, -0.25) is 4.79 Å². The zero-order chi connectivity index (χ0) is 22.8. The first kappa shape index (κ1) is 21.3. The summed E-state index contributed by atoms with van der Waals surface area (Å²) in [5, 5.41) is 29.6. The molecular weight excluding hydrogens is 408 g/mol. The number of aromatic nitrogens is 1. The van der Waals surface area contributed by atoms with Gasteiger partial charge in [0.1, 0.15) is 17.4 Å². The number of fused-ring (bicyclic) bond motifs is 1. The van der Waals surface area contributed by atoms with Crippen LogP contribution in [0.1, 0.15) is 28.3 Å². The summed E-state index contributed by atoms with van der Waals surface area (Å²) < 4.78 is 7.30. The molecule has 2 unspecified atom stereocenters. The van der Waals surface area contributed by atoms with Gasteiger partial charge in [0.15, 0.2) is 5.69 Å². The lowest BCUT2D eigenvalue weighted by atomic mass is 9.84. The highest BCUT2D eigenvalue weighted by Crippen LogP contribution is 2.40. The summed E-state index contributed by atoms with van der Waals surface area (Å²) in [5.41, 5.74) is 8.43. The maximum Gasteiger partial charge on any atom is 0.258 e. The maximum atomic E-state index is 13.6. The molecule has 2 atom stereocenters. The molecule has 4 N–H and O–H groups in total. The summed E-state index contributed by atoms with van der Waals surface area (Å²) in [7, 11) is 0. The third-order valence-electron chi connectivity index (χ3n) is 5.62. The molecule has 0 saturated heterocycles. The Morgan fingerprint density at radius 1 is 1.22 bits per heavy atom. The van der Waals surface area contributed by atoms with E-state index >= 15 is 0 Å². The van der Waals surface area contributed by atoms with Crippen LogP contribution in [0, 0.1) is 23.5 Å². The molecule has 32 heavy (non-hydrogen) atoms. The molecule has 0 spiro atoms. The average Bonchev–Trinajstić information content (AvgIpc) is 2.78. The Morgan fingerprint density at radius 3 is 2.66 bits per heavy atom. The molecule has 1 aromatic heterocycles. The number of nitrogens with one attached hydrogen (secondary N) is 1. The smallest absolute Gasteiger partial charge is 0.258 e. The number of hydrogen-bond acceptors (Lipinski definition) is 6. The van der Waals surface area contributed by atoms with Crippen LogP contribution in [0.25, 0.3) is 0 Å². The fourth-order valence-electron chi connectivity index (χ4n) is 4.03. The number of allylic oxidation sites excluding steroid dienone is 1. The van der Waals surface area contributed by atoms with Gasteiger partial charge in [-0.2, -0.15) is 10.5 Å². The quantitative estimate of drug-likeness (QED) is 0.531. The van der Waals surface area contributed by atoms with E-state index in [0.29, 0.717) is 24.2 Å². The number of benzene rings is 2. The Hall–Kier alpha value is -3.90. The lowest BCUT2D eigenvalue weighted by Crippen LogP contribution is -2.99. The zero-order valence-corrected chi connectivity index (χ0v) is 17.4. The van der Waals surface area contributed by atoms with Crippen molar-refractivity contribution in [2.75, 3.05) is 0 Å². The van der Waals surface area contributed by atoms with E-state index < -0.39 is 11.1 Å². The lowest BCUT2D eigenvalue weighted by Gasteiger charge is -2.27. The summed E-state index contributed by atoms with van der Waals surface area (Å²) in [4.78, 5) is 13.6. The second-order valence-electron chi connectivity index (χ2n) is 7.61. The highest BCUT2D eigenvalue weighted by Gasteiger charge is 2.34. The number of rotatable bonds is 5. The molecule has 0 radical (unpaired) electrons. The summed E-state index contributed by atoms with van der Waals surface area (Å²) >= 11 is 0. The minimum Gasteiger partial charge on any atom is -0.595 e. The highest BCUT2D eigenvalue weighted by molar-refractivity contribution is 5.56. The lowest BCUT2D eigenvalue weighted by molar-refractivity contribution is -0.991. The van der Waals surface area contributed by atoms with Gasteiger partial charge in [0.25, 0.3) is 5.56 Å². The fourth-order valence-corrected chi connectivity index (χ4v) is 4.03. The van der Waals surface area contributed by atoms with Crippen molar-refractivity contribution < 1.29 is 15.2 Å². The number of nitrogens with zero attached hydrogens (tertiary/aromatic N) is 2. The van der Waals surface area contributed by atoms with Gasteiger partial charge in [0.2, 0.25) is 5.88 Å². The van der Waals surface area contributed by atoms with Crippen LogP contribution < -0.4 is 21.3 Å². The van der Waals surface area contributed by atoms with Crippen LogP contribution in [0.5, 0.6) is 5.75 Å². The van der Waals surface area contributed by atoms with Gasteiger partial charge in [-0.1, -0.05) is 42.5 Å². The third kappa shape index (κ3) is 3.88. The van der Waals surface area contributed by atoms with Crippen molar-refractivity contribution >= 4 is 5.69 Å². The normalized spacial score (nSPS) is 16.1. The number of hydrogen-bond donors (Lipinski definition) is 3. The van der Waals surface area contributed by atoms with E-state index in [1.54, 1.807) is 22.8 Å². The Bertz CT molecular complexity index is 1290. The minimum absolute atomic E-state index is 0.0583. The standard InChI is InChI=1S/C24H22N4O4/c1-15-12-20-22(24(29)27(15)11-10-16-6-3-2-4-7-16)21(19(14-25)23(26)32-20)17-8-5-9-18(13-17)28(30)31/h2-9,12-13,21,28,30H,10-11,26H2,1H3. The Kier molecular flexibility index (Phi) is 5.79. The number of ether oxygens (including phenoxy) is 1. The molecule has 0 aliphatic carbocycles. The predicted molar refractivity (Wildman–Crippen MR) is 117 cm³/mol. The molecule has 1 aliphatic heterocycles. The molecule has 3 aromatic rings. The van der Waals surface area contributed by atoms with Crippen LogP contribution in [-0.4, -0.2) is 9.77 Å². The molecule has 4 rings (SSSR count). The van der Waals surface area contributed by atoms with Crippen LogP contribution in [0.15, 0.2) is 76.9 Å². The monoisotopic (exact) mass is 430 g/mol. The van der Waals surface area contributed by atoms with Gasteiger partial charge in [-0.05, 0) is 24.5 Å². The molecule has 0 saturated carbocycles. The number of nitriles is 1. The van der Waals surface area contributed by atoms with Gasteiger partial charge in [-0.25, -0.2) is 5.21 Å². The van der Waals surface area contributed by atoms with Crippen LogP contribution in [-0.2, 0) is 13.0 Å². The average molecular weight is 430 g/mol. The van der Waals surface area contributed by atoms with Gasteiger partial charge in [0, 0.05) is 30.4 Å². The first-order valence-corrected chi connectivity index (χ1v) is 10.1. The molecule has 0 fully saturated rings. The number of pyridine rings is 1. The highest BCUT2D eigenvalue weighted by atomic mass is 16.8. The number of quaternary nitrogens is 1. The molecule has 2 heterocycles. The topological polar surface area (TPSA) is 129 Å². The fraction of sp³-hybridized carbons (Fsp3) is 0.167. The van der Waals surface area contributed by atoms with E-state index in [1.165, 1.54) is 12.1 Å². The molecule has 8 nitrogen and oxygen atoms in total. The first-order chi connectivity index (χ1) is 15.4. The number of aryl methyl sites for hydroxylation is 2. The SMILES string of the molecule is Cc1cc2c(c(=O)n1CCc1ccccc1)C(c1cccc([NH+]([O-])O)c1)C(C#N)=C(N)O2. The molecule has 8 heteroatoms. The third-order valence-corrected chi connectivity index (χ3v) is 5.62. The maximum absolute atomic E-state index is 13.6. The molecule has 2 aromatic carbocycles. The predicted octanol–water partition coefficient (Wildman–Crippen LogP) is 2.02. The van der Waals surface area contributed by atoms with E-state index in [9.17, 15) is 20.5 Å². The van der Waals surface area contributed by atoms with Gasteiger partial charge in [-0.15, -0.1) is 0 Å². The summed E-state index contributed by atoms with van der Waals surface area (Å²) in [6.07, 6.45) is 0.656. The Labute approximate surface area is 184 Å². The Morgan fingerprint density at radius 2 is 1.97 bits per heavy atom. The van der Waals surface area contributed by atoms with E-state index in [0.717, 1.165) is 5.56 Å². The van der Waals surface area contributed by atoms with Crippen molar-refractivity contribution in [1.29, 1.82) is 5.26 Å². The molecule has 162 valence electrons. The van der Waals surface area contributed by atoms with Crippen molar-refractivity contribution in [3.8, 4) is 11.8 Å². The van der Waals surface area contributed by atoms with Crippen LogP contribution in [0.3, 0.4) is 0 Å². The Balaban J connectivity index is 1.85. The van der Waals surface area contributed by atoms with Gasteiger partial charge >= 0.3 is 0 Å². The molecular formula is C24H22N4O4. The van der Waals surface area contributed by atoms with Crippen molar-refractivity contribution in [3.05, 3.63) is 110 Å². The number of nitrogens with two attached hydrogens (primary N) is 1. The first-order valence-electron chi connectivity index (χ1n) is 10.1. The van der Waals surface area contributed by atoms with E-state index in [4.69, 9.17) is 10.5 Å². The zero-order valence-electron chi connectivity index (χ0n) is 17.4. The summed E-state index contributed by atoms with van der Waals surface area (Å²) in [5.74, 6) is -0.628. The van der Waals surface area contributed by atoms with Gasteiger partial charge in [0.05, 0.1) is 11.5 Å². The van der Waals surface area contributed by atoms with E-state index in [-0.39, 0.29) is 34.0 Å². The summed E-state index contributed by atoms with van der Waals surface area (Å²) in [6.45, 7) is 2.26.